The van der Waals surface area contributed by atoms with Crippen molar-refractivity contribution in [2.75, 3.05) is 6.54 Å². The van der Waals surface area contributed by atoms with E-state index in [4.69, 9.17) is 5.11 Å². The monoisotopic (exact) mass is 325 g/mol. The van der Waals surface area contributed by atoms with Crippen LogP contribution in [0.4, 0.5) is 4.79 Å². The van der Waals surface area contributed by atoms with Crippen LogP contribution in [0.2, 0.25) is 0 Å². The van der Waals surface area contributed by atoms with E-state index in [1.807, 2.05) is 6.92 Å². The number of imide groups is 1. The highest BCUT2D eigenvalue weighted by molar-refractivity contribution is 6.09. The zero-order chi connectivity index (χ0) is 17.2. The molecule has 1 heterocycles. The molecule has 128 valence electrons. The Bertz CT molecular complexity index is 531. The third-order valence-electron chi connectivity index (χ3n) is 4.48. The molecule has 4 amide bonds. The normalized spacial score (nSPS) is 25.2. The quantitative estimate of drug-likeness (QED) is 0.561. The van der Waals surface area contributed by atoms with Crippen LogP contribution in [-0.4, -0.2) is 51.9 Å². The summed E-state index contributed by atoms with van der Waals surface area (Å²) in [6, 6.07) is -1.60. The number of amides is 4. The molecule has 1 saturated heterocycles. The Morgan fingerprint density at radius 1 is 1.43 bits per heavy atom. The molecular weight excluding hydrogens is 302 g/mol. The molecule has 3 N–H and O–H groups in total. The Morgan fingerprint density at radius 3 is 2.61 bits per heavy atom. The summed E-state index contributed by atoms with van der Waals surface area (Å²) >= 11 is 0. The number of carboxylic acids is 1. The van der Waals surface area contributed by atoms with Gasteiger partial charge in [-0.15, -0.1) is 0 Å². The van der Waals surface area contributed by atoms with Gasteiger partial charge in [-0.3, -0.25) is 14.5 Å². The first-order valence-corrected chi connectivity index (χ1v) is 7.95. The minimum absolute atomic E-state index is 0.114. The number of aliphatic carboxylic acids is 1. The van der Waals surface area contributed by atoms with Crippen molar-refractivity contribution in [1.82, 2.24) is 15.5 Å². The van der Waals surface area contributed by atoms with Crippen LogP contribution in [-0.2, 0) is 14.4 Å². The van der Waals surface area contributed by atoms with E-state index in [9.17, 15) is 19.2 Å². The van der Waals surface area contributed by atoms with Gasteiger partial charge >= 0.3 is 12.0 Å². The molecule has 0 aromatic heterocycles. The molecule has 0 bridgehead atoms. The number of unbranched alkanes of at least 4 members (excludes halogenated alkanes) is 1. The average Bonchev–Trinajstić information content (AvgIpc) is 3.29. The van der Waals surface area contributed by atoms with Crippen LogP contribution in [0.1, 0.15) is 46.0 Å². The fourth-order valence-corrected chi connectivity index (χ4v) is 2.85. The zero-order valence-electron chi connectivity index (χ0n) is 13.4. The van der Waals surface area contributed by atoms with Crippen molar-refractivity contribution in [1.29, 1.82) is 0 Å². The third kappa shape index (κ3) is 3.62. The first kappa shape index (κ1) is 17.2. The molecule has 2 unspecified atom stereocenters. The van der Waals surface area contributed by atoms with E-state index in [1.165, 1.54) is 0 Å². The van der Waals surface area contributed by atoms with Crippen LogP contribution in [0.15, 0.2) is 0 Å². The first-order valence-electron chi connectivity index (χ1n) is 7.95. The molecule has 1 saturated carbocycles. The molecule has 8 heteroatoms. The van der Waals surface area contributed by atoms with E-state index in [0.717, 1.165) is 24.2 Å². The molecule has 2 atom stereocenters. The lowest BCUT2D eigenvalue weighted by atomic mass is 9.96. The van der Waals surface area contributed by atoms with Crippen LogP contribution < -0.4 is 10.6 Å². The number of nitrogens with one attached hydrogen (secondary N) is 2. The maximum atomic E-state index is 12.4. The molecule has 2 rings (SSSR count). The van der Waals surface area contributed by atoms with Gasteiger partial charge in [0, 0.05) is 0 Å². The van der Waals surface area contributed by atoms with E-state index < -0.39 is 41.9 Å². The molecule has 0 spiro atoms. The second kappa shape index (κ2) is 6.55. The number of hydrogen-bond acceptors (Lipinski definition) is 4. The van der Waals surface area contributed by atoms with E-state index in [0.29, 0.717) is 12.8 Å². The number of carboxylic acid groups (broad SMARTS) is 1. The summed E-state index contributed by atoms with van der Waals surface area (Å²) in [5, 5.41) is 14.1. The number of hydrogen-bond donors (Lipinski definition) is 3. The van der Waals surface area contributed by atoms with Crippen LogP contribution in [0.25, 0.3) is 0 Å². The van der Waals surface area contributed by atoms with Crippen LogP contribution in [0.3, 0.4) is 0 Å². The maximum Gasteiger partial charge on any atom is 0.326 e. The van der Waals surface area contributed by atoms with Crippen molar-refractivity contribution in [3.8, 4) is 0 Å². The lowest BCUT2D eigenvalue weighted by molar-refractivity contribution is -0.142. The minimum atomic E-state index is -1.12. The first-order chi connectivity index (χ1) is 10.8. The molecule has 0 aromatic carbocycles. The zero-order valence-corrected chi connectivity index (χ0v) is 13.4. The second-order valence-electron chi connectivity index (χ2n) is 6.40. The van der Waals surface area contributed by atoms with E-state index in [1.54, 1.807) is 6.92 Å². The molecule has 2 aliphatic rings. The molecule has 1 aliphatic heterocycles. The molecule has 1 aliphatic carbocycles. The summed E-state index contributed by atoms with van der Waals surface area (Å²) in [6.45, 7) is 3.14. The molecule has 0 aromatic rings. The average molecular weight is 325 g/mol. The predicted molar refractivity (Wildman–Crippen MR) is 80.5 cm³/mol. The minimum Gasteiger partial charge on any atom is -0.480 e. The molecule has 2 fully saturated rings. The summed E-state index contributed by atoms with van der Waals surface area (Å²) in [5.74, 6) is -2.06. The van der Waals surface area contributed by atoms with Crippen LogP contribution >= 0.6 is 0 Å². The summed E-state index contributed by atoms with van der Waals surface area (Å²) < 4.78 is 0. The van der Waals surface area contributed by atoms with Gasteiger partial charge in [0.1, 0.15) is 18.1 Å². The third-order valence-corrected chi connectivity index (χ3v) is 4.48. The topological polar surface area (TPSA) is 116 Å². The van der Waals surface area contributed by atoms with E-state index >= 15 is 0 Å². The molecule has 0 radical (unpaired) electrons. The van der Waals surface area contributed by atoms with Crippen molar-refractivity contribution in [3.63, 3.8) is 0 Å². The van der Waals surface area contributed by atoms with Crippen LogP contribution in [0.5, 0.6) is 0 Å². The Labute approximate surface area is 134 Å². The highest BCUT2D eigenvalue weighted by atomic mass is 16.4. The highest BCUT2D eigenvalue weighted by Gasteiger charge is 2.56. The Balaban J connectivity index is 1.95. The largest absolute Gasteiger partial charge is 0.480 e. The maximum absolute atomic E-state index is 12.4. The number of carbonyl (C=O) groups is 4. The summed E-state index contributed by atoms with van der Waals surface area (Å²) in [4.78, 5) is 48.4. The summed E-state index contributed by atoms with van der Waals surface area (Å²) in [5.41, 5.74) is -0.939. The lowest BCUT2D eigenvalue weighted by Gasteiger charge is -2.21. The van der Waals surface area contributed by atoms with Crippen LogP contribution in [0, 0.1) is 5.92 Å². The van der Waals surface area contributed by atoms with E-state index in [2.05, 4.69) is 10.6 Å². The van der Waals surface area contributed by atoms with Gasteiger partial charge in [-0.1, -0.05) is 19.8 Å². The summed E-state index contributed by atoms with van der Waals surface area (Å²) in [7, 11) is 0. The van der Waals surface area contributed by atoms with Gasteiger partial charge in [0.25, 0.3) is 5.91 Å². The Hall–Kier alpha value is -2.12. The predicted octanol–water partition coefficient (Wildman–Crippen LogP) is 0.467. The Kier molecular flexibility index (Phi) is 4.91. The standard InChI is InChI=1S/C15H23N3O5/c1-3-4-5-10(12(20)21)16-11(19)8-18-13(22)15(2,9-6-7-9)17-14(18)23/h9-10H,3-8H2,1-2H3,(H,16,19)(H,17,23)(H,20,21). The van der Waals surface area contributed by atoms with Gasteiger partial charge in [-0.2, -0.15) is 0 Å². The summed E-state index contributed by atoms with van der Waals surface area (Å²) in [6.07, 6.45) is 3.55. The number of rotatable bonds is 8. The van der Waals surface area contributed by atoms with Gasteiger partial charge < -0.3 is 15.7 Å². The van der Waals surface area contributed by atoms with E-state index in [-0.39, 0.29) is 5.92 Å². The molecule has 8 nitrogen and oxygen atoms in total. The van der Waals surface area contributed by atoms with Gasteiger partial charge in [-0.05, 0) is 32.1 Å². The van der Waals surface area contributed by atoms with Gasteiger partial charge in [-0.25, -0.2) is 9.59 Å². The van der Waals surface area contributed by atoms with Gasteiger partial charge in [0.15, 0.2) is 0 Å². The number of urea groups is 1. The fraction of sp³-hybridized carbons (Fsp3) is 0.733. The fourth-order valence-electron chi connectivity index (χ4n) is 2.85. The number of nitrogens with zero attached hydrogens (tertiary/aromatic N) is 1. The SMILES string of the molecule is CCCCC(NC(=O)CN1C(=O)NC(C)(C2CC2)C1=O)C(=O)O. The Morgan fingerprint density at radius 2 is 2.09 bits per heavy atom. The smallest absolute Gasteiger partial charge is 0.326 e. The van der Waals surface area contributed by atoms with Crippen molar-refractivity contribution in [3.05, 3.63) is 0 Å². The van der Waals surface area contributed by atoms with Crippen molar-refractivity contribution < 1.29 is 24.3 Å². The van der Waals surface area contributed by atoms with Gasteiger partial charge in [0.05, 0.1) is 0 Å². The molecule has 23 heavy (non-hydrogen) atoms. The van der Waals surface area contributed by atoms with Gasteiger partial charge in [0.2, 0.25) is 5.91 Å². The number of carbonyl (C=O) groups excluding carboxylic acids is 3. The second-order valence-corrected chi connectivity index (χ2v) is 6.40. The van der Waals surface area contributed by atoms with Crippen molar-refractivity contribution in [2.24, 2.45) is 5.92 Å². The van der Waals surface area contributed by atoms with Crippen molar-refractivity contribution >= 4 is 23.8 Å². The molecular formula is C15H23N3O5. The lowest BCUT2D eigenvalue weighted by Crippen LogP contribution is -2.48. The highest BCUT2D eigenvalue weighted by Crippen LogP contribution is 2.42. The van der Waals surface area contributed by atoms with Crippen molar-refractivity contribution in [2.45, 2.75) is 57.5 Å².